The average Bonchev–Trinajstić information content (AvgIpc) is 2.63. The van der Waals surface area contributed by atoms with Gasteiger partial charge in [-0.1, -0.05) is 5.16 Å². The number of hydrogen-bond donors (Lipinski definition) is 1. The van der Waals surface area contributed by atoms with Gasteiger partial charge in [0.25, 0.3) is 0 Å². The maximum Gasteiger partial charge on any atom is 0.133 e. The Morgan fingerprint density at radius 1 is 1.41 bits per heavy atom. The number of rotatable bonds is 3. The summed E-state index contributed by atoms with van der Waals surface area (Å²) in [4.78, 5) is 1.89. The summed E-state index contributed by atoms with van der Waals surface area (Å²) in [5, 5.41) is 3.90. The molecular weight excluding hydrogens is 221 g/mol. The minimum atomic E-state index is -0.336. The monoisotopic (exact) mass is 235 g/mol. The van der Waals surface area contributed by atoms with Gasteiger partial charge in [0, 0.05) is 13.1 Å². The highest BCUT2D eigenvalue weighted by Crippen LogP contribution is 2.24. The van der Waals surface area contributed by atoms with Crippen LogP contribution in [0.5, 0.6) is 0 Å². The van der Waals surface area contributed by atoms with E-state index >= 15 is 0 Å². The molecule has 4 nitrogen and oxygen atoms in total. The molecule has 0 atom stereocenters. The predicted molar refractivity (Wildman–Crippen MR) is 64.2 cm³/mol. The molecule has 0 saturated carbocycles. The number of anilines is 2. The van der Waals surface area contributed by atoms with E-state index in [1.165, 1.54) is 12.1 Å². The van der Waals surface area contributed by atoms with Gasteiger partial charge in [0.1, 0.15) is 17.3 Å². The van der Waals surface area contributed by atoms with Gasteiger partial charge in [0.2, 0.25) is 0 Å². The maximum atomic E-state index is 12.9. The molecule has 90 valence electrons. The van der Waals surface area contributed by atoms with Crippen molar-refractivity contribution < 1.29 is 8.91 Å². The quantitative estimate of drug-likeness (QED) is 0.829. The van der Waals surface area contributed by atoms with Gasteiger partial charge in [0.05, 0.1) is 17.9 Å². The van der Waals surface area contributed by atoms with Crippen molar-refractivity contribution in [2.45, 2.75) is 13.5 Å². The number of nitrogen functional groups attached to an aromatic ring is 1. The first-order valence-electron chi connectivity index (χ1n) is 5.24. The van der Waals surface area contributed by atoms with Gasteiger partial charge in [-0.15, -0.1) is 0 Å². The second-order valence-corrected chi connectivity index (χ2v) is 3.99. The molecule has 0 unspecified atom stereocenters. The Hall–Kier alpha value is -2.04. The summed E-state index contributed by atoms with van der Waals surface area (Å²) < 4.78 is 17.9. The molecule has 1 heterocycles. The molecule has 0 fully saturated rings. The average molecular weight is 235 g/mol. The van der Waals surface area contributed by atoms with E-state index in [1.54, 1.807) is 6.07 Å². The maximum absolute atomic E-state index is 12.9. The van der Waals surface area contributed by atoms with Crippen molar-refractivity contribution in [1.29, 1.82) is 0 Å². The molecule has 0 saturated heterocycles. The van der Waals surface area contributed by atoms with Crippen molar-refractivity contribution in [2.75, 3.05) is 17.7 Å². The van der Waals surface area contributed by atoms with E-state index in [0.29, 0.717) is 12.2 Å². The first-order valence-corrected chi connectivity index (χ1v) is 5.24. The van der Waals surface area contributed by atoms with Gasteiger partial charge >= 0.3 is 0 Å². The Kier molecular flexibility index (Phi) is 2.99. The van der Waals surface area contributed by atoms with Crippen molar-refractivity contribution in [3.63, 3.8) is 0 Å². The van der Waals surface area contributed by atoms with Gasteiger partial charge in [-0.05, 0) is 25.1 Å². The van der Waals surface area contributed by atoms with Crippen LogP contribution in [0.4, 0.5) is 15.8 Å². The topological polar surface area (TPSA) is 55.3 Å². The zero-order valence-corrected chi connectivity index (χ0v) is 9.77. The highest BCUT2D eigenvalue weighted by molar-refractivity contribution is 5.67. The van der Waals surface area contributed by atoms with Crippen LogP contribution in [0.1, 0.15) is 11.5 Å². The number of benzene rings is 1. The second kappa shape index (κ2) is 4.45. The van der Waals surface area contributed by atoms with Gasteiger partial charge in [0.15, 0.2) is 0 Å². The summed E-state index contributed by atoms with van der Waals surface area (Å²) in [6, 6.07) is 6.20. The smallest absolute Gasteiger partial charge is 0.133 e. The largest absolute Gasteiger partial charge is 0.397 e. The fourth-order valence-corrected chi connectivity index (χ4v) is 1.69. The lowest BCUT2D eigenvalue weighted by molar-refractivity contribution is 0.390. The van der Waals surface area contributed by atoms with Crippen molar-refractivity contribution in [3.05, 3.63) is 41.5 Å². The molecule has 0 amide bonds. The van der Waals surface area contributed by atoms with Crippen LogP contribution in [0.15, 0.2) is 28.8 Å². The standard InChI is InChI=1S/C12H14FN3O/c1-8-5-10(15-17-8)7-16(2)12-4-3-9(13)6-11(12)14/h3-6H,7,14H2,1-2H3. The van der Waals surface area contributed by atoms with Crippen molar-refractivity contribution in [2.24, 2.45) is 0 Å². The Morgan fingerprint density at radius 2 is 2.18 bits per heavy atom. The van der Waals surface area contributed by atoms with E-state index in [2.05, 4.69) is 5.16 Å². The zero-order chi connectivity index (χ0) is 12.4. The molecule has 2 aromatic rings. The Bertz CT molecular complexity index is 524. The predicted octanol–water partition coefficient (Wildman–Crippen LogP) is 2.34. The molecule has 2 N–H and O–H groups in total. The van der Waals surface area contributed by atoms with E-state index in [9.17, 15) is 4.39 Å². The second-order valence-electron chi connectivity index (χ2n) is 3.99. The number of nitrogens with two attached hydrogens (primary N) is 1. The lowest BCUT2D eigenvalue weighted by Gasteiger charge is -2.19. The fraction of sp³-hybridized carbons (Fsp3) is 0.250. The highest BCUT2D eigenvalue weighted by Gasteiger charge is 2.09. The SMILES string of the molecule is Cc1cc(CN(C)c2ccc(F)cc2N)no1. The Morgan fingerprint density at radius 3 is 2.76 bits per heavy atom. The van der Waals surface area contributed by atoms with Crippen LogP contribution in [0.25, 0.3) is 0 Å². The zero-order valence-electron chi connectivity index (χ0n) is 9.77. The molecule has 0 spiro atoms. The third-order valence-electron chi connectivity index (χ3n) is 2.48. The Balaban J connectivity index is 2.17. The van der Waals surface area contributed by atoms with Crippen LogP contribution in [-0.2, 0) is 6.54 Å². The molecule has 0 aliphatic heterocycles. The van der Waals surface area contributed by atoms with Crippen LogP contribution in [-0.4, -0.2) is 12.2 Å². The minimum Gasteiger partial charge on any atom is -0.397 e. The van der Waals surface area contributed by atoms with Crippen molar-refractivity contribution >= 4 is 11.4 Å². The lowest BCUT2D eigenvalue weighted by Crippen LogP contribution is -2.18. The lowest BCUT2D eigenvalue weighted by atomic mass is 10.2. The summed E-state index contributed by atoms with van der Waals surface area (Å²) >= 11 is 0. The van der Waals surface area contributed by atoms with Gasteiger partial charge in [-0.25, -0.2) is 4.39 Å². The van der Waals surface area contributed by atoms with Crippen LogP contribution in [0.2, 0.25) is 0 Å². The van der Waals surface area contributed by atoms with E-state index in [1.807, 2.05) is 24.9 Å². The summed E-state index contributed by atoms with van der Waals surface area (Å²) in [7, 11) is 1.87. The van der Waals surface area contributed by atoms with E-state index < -0.39 is 0 Å². The summed E-state index contributed by atoms with van der Waals surface area (Å²) in [6.07, 6.45) is 0. The van der Waals surface area contributed by atoms with Gasteiger partial charge in [-0.3, -0.25) is 0 Å². The summed E-state index contributed by atoms with van der Waals surface area (Å²) in [5.74, 6) is 0.428. The molecule has 0 aliphatic carbocycles. The van der Waals surface area contributed by atoms with Crippen LogP contribution >= 0.6 is 0 Å². The third-order valence-corrected chi connectivity index (χ3v) is 2.48. The molecule has 1 aromatic carbocycles. The minimum absolute atomic E-state index is 0.336. The first kappa shape index (κ1) is 11.4. The number of hydrogen-bond acceptors (Lipinski definition) is 4. The number of aryl methyl sites for hydroxylation is 1. The molecular formula is C12H14FN3O. The molecule has 1 aromatic heterocycles. The molecule has 0 radical (unpaired) electrons. The first-order chi connectivity index (χ1) is 8.06. The summed E-state index contributed by atoms with van der Waals surface area (Å²) in [5.41, 5.74) is 7.75. The van der Waals surface area contributed by atoms with Crippen molar-refractivity contribution in [3.8, 4) is 0 Å². The van der Waals surface area contributed by atoms with E-state index in [-0.39, 0.29) is 5.82 Å². The van der Waals surface area contributed by atoms with Crippen LogP contribution in [0.3, 0.4) is 0 Å². The van der Waals surface area contributed by atoms with Gasteiger partial charge < -0.3 is 15.2 Å². The highest BCUT2D eigenvalue weighted by atomic mass is 19.1. The molecule has 5 heteroatoms. The fourth-order valence-electron chi connectivity index (χ4n) is 1.69. The number of nitrogens with zero attached hydrogens (tertiary/aromatic N) is 2. The molecule has 17 heavy (non-hydrogen) atoms. The molecule has 0 bridgehead atoms. The van der Waals surface area contributed by atoms with Gasteiger partial charge in [-0.2, -0.15) is 0 Å². The number of halogens is 1. The molecule has 2 rings (SSSR count). The molecule has 0 aliphatic rings. The van der Waals surface area contributed by atoms with E-state index in [4.69, 9.17) is 10.3 Å². The normalized spacial score (nSPS) is 10.5. The third kappa shape index (κ3) is 2.55. The van der Waals surface area contributed by atoms with Crippen LogP contribution < -0.4 is 10.6 Å². The van der Waals surface area contributed by atoms with Crippen molar-refractivity contribution in [1.82, 2.24) is 5.16 Å². The summed E-state index contributed by atoms with van der Waals surface area (Å²) in [6.45, 7) is 2.40. The van der Waals surface area contributed by atoms with E-state index in [0.717, 1.165) is 17.1 Å². The Labute approximate surface area is 98.8 Å². The number of aromatic nitrogens is 1. The van der Waals surface area contributed by atoms with Crippen LogP contribution in [0, 0.1) is 12.7 Å².